The van der Waals surface area contributed by atoms with Crippen LogP contribution < -0.4 is 10.5 Å². The van der Waals surface area contributed by atoms with Crippen molar-refractivity contribution in [3.05, 3.63) is 12.4 Å². The maximum absolute atomic E-state index is 12.1. The van der Waals surface area contributed by atoms with Gasteiger partial charge in [-0.1, -0.05) is 0 Å². The number of hydrogen-bond acceptors (Lipinski definition) is 4. The molecule has 1 aromatic heterocycles. The molecule has 0 fully saturated rings. The van der Waals surface area contributed by atoms with Gasteiger partial charge in [-0.05, 0) is 13.3 Å². The van der Waals surface area contributed by atoms with Crippen molar-refractivity contribution >= 4 is 10.0 Å². The molecule has 1 unspecified atom stereocenters. The second-order valence-corrected chi connectivity index (χ2v) is 5.92. The van der Waals surface area contributed by atoms with Gasteiger partial charge in [-0.3, -0.25) is 4.68 Å². The van der Waals surface area contributed by atoms with Crippen LogP contribution in [0.2, 0.25) is 0 Å². The molecule has 0 bridgehead atoms. The lowest BCUT2D eigenvalue weighted by Crippen LogP contribution is -2.28. The number of rotatable bonds is 6. The summed E-state index contributed by atoms with van der Waals surface area (Å²) >= 11 is 0. The number of halogens is 3. The van der Waals surface area contributed by atoms with Gasteiger partial charge >= 0.3 is 6.18 Å². The summed E-state index contributed by atoms with van der Waals surface area (Å²) in [6.45, 7) is 0.502. The molecule has 3 N–H and O–H groups in total. The second kappa shape index (κ2) is 5.88. The summed E-state index contributed by atoms with van der Waals surface area (Å²) < 4.78 is 62.5. The fraction of sp³-hybridized carbons (Fsp3) is 0.667. The van der Waals surface area contributed by atoms with Crippen molar-refractivity contribution in [2.75, 3.05) is 6.54 Å². The van der Waals surface area contributed by atoms with Gasteiger partial charge < -0.3 is 5.73 Å². The van der Waals surface area contributed by atoms with Crippen molar-refractivity contribution in [1.29, 1.82) is 0 Å². The molecule has 0 aromatic carbocycles. The van der Waals surface area contributed by atoms with Crippen molar-refractivity contribution in [2.45, 2.75) is 37.0 Å². The number of aromatic nitrogens is 2. The van der Waals surface area contributed by atoms with E-state index in [-0.39, 0.29) is 17.5 Å². The van der Waals surface area contributed by atoms with Crippen molar-refractivity contribution in [3.63, 3.8) is 0 Å². The molecule has 0 aliphatic rings. The number of sulfonamides is 1. The molecule has 0 aliphatic carbocycles. The summed E-state index contributed by atoms with van der Waals surface area (Å²) in [5, 5.41) is 3.36. The van der Waals surface area contributed by atoms with Crippen LogP contribution in [0.3, 0.4) is 0 Å². The quantitative estimate of drug-likeness (QED) is 0.798. The van der Waals surface area contributed by atoms with Gasteiger partial charge in [0.25, 0.3) is 0 Å². The lowest BCUT2D eigenvalue weighted by molar-refractivity contribution is -0.142. The molecular formula is C9H15F3N4O2S. The number of nitrogens with one attached hydrogen (secondary N) is 1. The Labute approximate surface area is 108 Å². The SMILES string of the molecule is CC(N)CCNS(=O)(=O)c1cnn(CC(F)(F)F)c1. The third kappa shape index (κ3) is 5.57. The van der Waals surface area contributed by atoms with Crippen LogP contribution in [0.1, 0.15) is 13.3 Å². The topological polar surface area (TPSA) is 90.0 Å². The Hall–Kier alpha value is -1.13. The molecule has 1 atom stereocenters. The number of nitrogens with two attached hydrogens (primary N) is 1. The highest BCUT2D eigenvalue weighted by Gasteiger charge is 2.29. The fourth-order valence-corrected chi connectivity index (χ4v) is 2.26. The predicted molar refractivity (Wildman–Crippen MR) is 61.7 cm³/mol. The largest absolute Gasteiger partial charge is 0.408 e. The maximum atomic E-state index is 12.1. The van der Waals surface area contributed by atoms with Gasteiger partial charge in [0, 0.05) is 18.8 Å². The Bertz CT molecular complexity index is 510. The summed E-state index contributed by atoms with van der Waals surface area (Å²) in [5.41, 5.74) is 5.46. The monoisotopic (exact) mass is 300 g/mol. The van der Waals surface area contributed by atoms with Gasteiger partial charge in [0.2, 0.25) is 10.0 Å². The number of nitrogens with zero attached hydrogens (tertiary/aromatic N) is 2. The molecule has 19 heavy (non-hydrogen) atoms. The summed E-state index contributed by atoms with van der Waals surface area (Å²) in [6.07, 6.45) is -2.31. The third-order valence-electron chi connectivity index (χ3n) is 2.15. The van der Waals surface area contributed by atoms with E-state index in [2.05, 4.69) is 9.82 Å². The highest BCUT2D eigenvalue weighted by Crippen LogP contribution is 2.18. The molecule has 0 amide bonds. The van der Waals surface area contributed by atoms with E-state index in [9.17, 15) is 21.6 Å². The minimum atomic E-state index is -4.45. The van der Waals surface area contributed by atoms with E-state index in [1.165, 1.54) is 0 Å². The van der Waals surface area contributed by atoms with Gasteiger partial charge in [-0.2, -0.15) is 18.3 Å². The first kappa shape index (κ1) is 15.9. The minimum Gasteiger partial charge on any atom is -0.328 e. The number of hydrogen-bond donors (Lipinski definition) is 2. The Morgan fingerprint density at radius 2 is 2.16 bits per heavy atom. The molecule has 110 valence electrons. The average molecular weight is 300 g/mol. The maximum Gasteiger partial charge on any atom is 0.408 e. The molecule has 0 radical (unpaired) electrons. The van der Waals surface area contributed by atoms with E-state index in [0.29, 0.717) is 11.1 Å². The first-order chi connectivity index (χ1) is 8.60. The van der Waals surface area contributed by atoms with E-state index >= 15 is 0 Å². The number of alkyl halides is 3. The van der Waals surface area contributed by atoms with Gasteiger partial charge in [-0.25, -0.2) is 13.1 Å². The highest BCUT2D eigenvalue weighted by atomic mass is 32.2. The van der Waals surface area contributed by atoms with Gasteiger partial charge in [0.15, 0.2) is 0 Å². The van der Waals surface area contributed by atoms with Crippen LogP contribution in [0.4, 0.5) is 13.2 Å². The highest BCUT2D eigenvalue weighted by molar-refractivity contribution is 7.89. The van der Waals surface area contributed by atoms with Crippen LogP contribution in [0, 0.1) is 0 Å². The molecule has 0 aliphatic heterocycles. The van der Waals surface area contributed by atoms with E-state index in [0.717, 1.165) is 12.4 Å². The zero-order valence-electron chi connectivity index (χ0n) is 10.2. The second-order valence-electron chi connectivity index (χ2n) is 4.15. The van der Waals surface area contributed by atoms with Crippen LogP contribution in [0.5, 0.6) is 0 Å². The Morgan fingerprint density at radius 1 is 1.53 bits per heavy atom. The van der Waals surface area contributed by atoms with Crippen LogP contribution in [-0.4, -0.2) is 37.0 Å². The summed E-state index contributed by atoms with van der Waals surface area (Å²) in [4.78, 5) is -0.304. The standard InChI is InChI=1S/C9H15F3N4O2S/c1-7(13)2-3-15-19(17,18)8-4-14-16(5-8)6-9(10,11)12/h4-5,7,15H,2-3,6,13H2,1H3. The molecule has 1 heterocycles. The fourth-order valence-electron chi connectivity index (χ4n) is 1.26. The van der Waals surface area contributed by atoms with Crippen molar-refractivity contribution in [2.24, 2.45) is 5.73 Å². The molecule has 1 rings (SSSR count). The van der Waals surface area contributed by atoms with Crippen molar-refractivity contribution in [3.8, 4) is 0 Å². The van der Waals surface area contributed by atoms with Gasteiger partial charge in [-0.15, -0.1) is 0 Å². The predicted octanol–water partition coefficient (Wildman–Crippen LogP) is 0.461. The molecular weight excluding hydrogens is 285 g/mol. The molecule has 0 spiro atoms. The third-order valence-corrected chi connectivity index (χ3v) is 3.57. The zero-order chi connectivity index (χ0) is 14.7. The molecule has 10 heteroatoms. The lowest BCUT2D eigenvalue weighted by atomic mass is 10.3. The van der Waals surface area contributed by atoms with Gasteiger partial charge in [0.05, 0.1) is 6.20 Å². The first-order valence-corrected chi connectivity index (χ1v) is 6.93. The van der Waals surface area contributed by atoms with E-state index in [4.69, 9.17) is 5.73 Å². The van der Waals surface area contributed by atoms with Crippen molar-refractivity contribution in [1.82, 2.24) is 14.5 Å². The van der Waals surface area contributed by atoms with E-state index in [1.807, 2.05) is 0 Å². The summed E-state index contributed by atoms with van der Waals surface area (Å²) in [5.74, 6) is 0. The van der Waals surface area contributed by atoms with Crippen LogP contribution in [-0.2, 0) is 16.6 Å². The lowest BCUT2D eigenvalue weighted by Gasteiger charge is -2.07. The summed E-state index contributed by atoms with van der Waals surface area (Å²) in [7, 11) is -3.85. The smallest absolute Gasteiger partial charge is 0.328 e. The van der Waals surface area contributed by atoms with Crippen LogP contribution in [0.25, 0.3) is 0 Å². The Kier molecular flexibility index (Phi) is 4.93. The molecule has 1 aromatic rings. The van der Waals surface area contributed by atoms with Crippen molar-refractivity contribution < 1.29 is 21.6 Å². The summed E-state index contributed by atoms with van der Waals surface area (Å²) in [6, 6.07) is -0.171. The van der Waals surface area contributed by atoms with Gasteiger partial charge in [0.1, 0.15) is 11.4 Å². The minimum absolute atomic E-state index is 0.116. The average Bonchev–Trinajstić information content (AvgIpc) is 2.62. The van der Waals surface area contributed by atoms with E-state index in [1.54, 1.807) is 6.92 Å². The Morgan fingerprint density at radius 3 is 2.68 bits per heavy atom. The molecule has 0 saturated heterocycles. The molecule has 6 nitrogen and oxygen atoms in total. The van der Waals surface area contributed by atoms with Crippen LogP contribution in [0.15, 0.2) is 17.3 Å². The Balaban J connectivity index is 2.69. The first-order valence-electron chi connectivity index (χ1n) is 5.44. The molecule has 0 saturated carbocycles. The normalized spacial score (nSPS) is 14.6. The van der Waals surface area contributed by atoms with E-state index < -0.39 is 22.7 Å². The van der Waals surface area contributed by atoms with Crippen LogP contribution >= 0.6 is 0 Å². The zero-order valence-corrected chi connectivity index (χ0v) is 11.0.